The van der Waals surface area contributed by atoms with Crippen LogP contribution >= 0.6 is 15.9 Å². The maximum atomic E-state index is 11.5. The van der Waals surface area contributed by atoms with E-state index in [0.29, 0.717) is 0 Å². The quantitative estimate of drug-likeness (QED) is 0.743. The monoisotopic (exact) mass is 254 g/mol. The molecular formula is C10H11BrN2O. The Balaban J connectivity index is 2.38. The molecule has 1 heterocycles. The minimum absolute atomic E-state index is 0.0156. The molecule has 0 fully saturated rings. The molecule has 0 spiro atoms. The molecule has 1 unspecified atom stereocenters. The second-order valence-electron chi connectivity index (χ2n) is 3.39. The lowest BCUT2D eigenvalue weighted by Gasteiger charge is -2.06. The van der Waals surface area contributed by atoms with Crippen molar-refractivity contribution in [2.24, 2.45) is 0 Å². The molecule has 14 heavy (non-hydrogen) atoms. The Labute approximate surface area is 91.0 Å². The number of hydrogen-bond acceptors (Lipinski definition) is 2. The smallest absolute Gasteiger partial charge is 0.241 e. The molecule has 0 aromatic heterocycles. The van der Waals surface area contributed by atoms with Gasteiger partial charge in [-0.1, -0.05) is 22.0 Å². The first-order valence-electron chi connectivity index (χ1n) is 4.49. The molecule has 3 nitrogen and oxygen atoms in total. The minimum Gasteiger partial charge on any atom is -0.324 e. The lowest BCUT2D eigenvalue weighted by atomic mass is 10.2. The van der Waals surface area contributed by atoms with Gasteiger partial charge in [0.2, 0.25) is 5.91 Å². The number of hydrogen-bond donors (Lipinski definition) is 2. The van der Waals surface area contributed by atoms with Crippen LogP contribution in [0.1, 0.15) is 12.5 Å². The minimum atomic E-state index is -0.138. The van der Waals surface area contributed by atoms with E-state index < -0.39 is 0 Å². The lowest BCUT2D eigenvalue weighted by Crippen LogP contribution is -2.34. The number of fused-ring (bicyclic) bond motifs is 1. The van der Waals surface area contributed by atoms with E-state index in [1.807, 2.05) is 25.1 Å². The summed E-state index contributed by atoms with van der Waals surface area (Å²) in [6.45, 7) is 2.58. The summed E-state index contributed by atoms with van der Waals surface area (Å²) >= 11 is 3.38. The summed E-state index contributed by atoms with van der Waals surface area (Å²) in [6, 6.07) is 5.77. The van der Waals surface area contributed by atoms with E-state index in [1.54, 1.807) is 0 Å². The Morgan fingerprint density at radius 1 is 1.50 bits per heavy atom. The topological polar surface area (TPSA) is 41.1 Å². The van der Waals surface area contributed by atoms with Crippen molar-refractivity contribution in [1.29, 1.82) is 0 Å². The highest BCUT2D eigenvalue weighted by molar-refractivity contribution is 9.10. The lowest BCUT2D eigenvalue weighted by molar-refractivity contribution is -0.117. The SMILES string of the molecule is CC1NCc2ccc(Br)cc2NC1=O. The van der Waals surface area contributed by atoms with Gasteiger partial charge in [0, 0.05) is 16.7 Å². The fourth-order valence-electron chi connectivity index (χ4n) is 1.42. The number of anilines is 1. The van der Waals surface area contributed by atoms with Crippen LogP contribution in [0.4, 0.5) is 5.69 Å². The third-order valence-electron chi connectivity index (χ3n) is 2.32. The summed E-state index contributed by atoms with van der Waals surface area (Å²) in [6.07, 6.45) is 0. The molecule has 1 aliphatic rings. The first kappa shape index (κ1) is 9.68. The zero-order valence-electron chi connectivity index (χ0n) is 7.80. The highest BCUT2D eigenvalue weighted by Gasteiger charge is 2.18. The van der Waals surface area contributed by atoms with Crippen LogP contribution < -0.4 is 10.6 Å². The Hall–Kier alpha value is -0.870. The van der Waals surface area contributed by atoms with Crippen LogP contribution in [0.25, 0.3) is 0 Å². The van der Waals surface area contributed by atoms with E-state index in [1.165, 1.54) is 0 Å². The molecule has 0 bridgehead atoms. The van der Waals surface area contributed by atoms with Crippen molar-refractivity contribution in [2.45, 2.75) is 19.5 Å². The van der Waals surface area contributed by atoms with Crippen LogP contribution in [-0.2, 0) is 11.3 Å². The van der Waals surface area contributed by atoms with Gasteiger partial charge in [0.15, 0.2) is 0 Å². The van der Waals surface area contributed by atoms with Crippen molar-refractivity contribution >= 4 is 27.5 Å². The number of benzene rings is 1. The summed E-state index contributed by atoms with van der Waals surface area (Å²) in [5.41, 5.74) is 2.01. The Morgan fingerprint density at radius 3 is 3.07 bits per heavy atom. The van der Waals surface area contributed by atoms with E-state index in [9.17, 15) is 4.79 Å². The van der Waals surface area contributed by atoms with Crippen molar-refractivity contribution in [2.75, 3.05) is 5.32 Å². The molecule has 4 heteroatoms. The van der Waals surface area contributed by atoms with Gasteiger partial charge >= 0.3 is 0 Å². The molecule has 74 valence electrons. The van der Waals surface area contributed by atoms with E-state index in [-0.39, 0.29) is 11.9 Å². The summed E-state index contributed by atoms with van der Waals surface area (Å²) in [4.78, 5) is 11.5. The maximum Gasteiger partial charge on any atom is 0.241 e. The van der Waals surface area contributed by atoms with Gasteiger partial charge in [0.05, 0.1) is 6.04 Å². The van der Waals surface area contributed by atoms with Gasteiger partial charge in [-0.25, -0.2) is 0 Å². The van der Waals surface area contributed by atoms with Gasteiger partial charge in [-0.2, -0.15) is 0 Å². The van der Waals surface area contributed by atoms with Gasteiger partial charge < -0.3 is 10.6 Å². The van der Waals surface area contributed by atoms with Crippen molar-refractivity contribution in [1.82, 2.24) is 5.32 Å². The average Bonchev–Trinajstić information content (AvgIpc) is 2.27. The van der Waals surface area contributed by atoms with Crippen molar-refractivity contribution in [3.63, 3.8) is 0 Å². The summed E-state index contributed by atoms with van der Waals surface area (Å²) in [5.74, 6) is 0.0156. The molecule has 1 aromatic carbocycles. The molecule has 1 aromatic rings. The van der Waals surface area contributed by atoms with Gasteiger partial charge in [0.1, 0.15) is 0 Å². The van der Waals surface area contributed by atoms with Crippen LogP contribution in [0.3, 0.4) is 0 Å². The third-order valence-corrected chi connectivity index (χ3v) is 2.82. The van der Waals surface area contributed by atoms with Crippen molar-refractivity contribution in [3.05, 3.63) is 28.2 Å². The molecule has 1 amide bonds. The Bertz CT molecular complexity index is 378. The predicted molar refractivity (Wildman–Crippen MR) is 59.1 cm³/mol. The number of halogens is 1. The van der Waals surface area contributed by atoms with Crippen molar-refractivity contribution in [3.8, 4) is 0 Å². The predicted octanol–water partition coefficient (Wildman–Crippen LogP) is 1.88. The van der Waals surface area contributed by atoms with Gasteiger partial charge in [-0.3, -0.25) is 4.79 Å². The third kappa shape index (κ3) is 1.81. The van der Waals surface area contributed by atoms with Crippen molar-refractivity contribution < 1.29 is 4.79 Å². The normalized spacial score (nSPS) is 21.0. The maximum absolute atomic E-state index is 11.5. The van der Waals surface area contributed by atoms with E-state index in [0.717, 1.165) is 22.3 Å². The van der Waals surface area contributed by atoms with Gasteiger partial charge in [0.25, 0.3) is 0 Å². The number of carbonyl (C=O) groups excluding carboxylic acids is 1. The average molecular weight is 255 g/mol. The zero-order chi connectivity index (χ0) is 10.1. The molecule has 0 radical (unpaired) electrons. The van der Waals surface area contributed by atoms with E-state index in [2.05, 4.69) is 26.6 Å². The first-order valence-corrected chi connectivity index (χ1v) is 5.29. The highest BCUT2D eigenvalue weighted by Crippen LogP contribution is 2.23. The molecule has 1 aliphatic heterocycles. The Morgan fingerprint density at radius 2 is 2.29 bits per heavy atom. The highest BCUT2D eigenvalue weighted by atomic mass is 79.9. The molecule has 0 saturated heterocycles. The number of rotatable bonds is 0. The first-order chi connectivity index (χ1) is 6.66. The fraction of sp³-hybridized carbons (Fsp3) is 0.300. The molecule has 2 rings (SSSR count). The second kappa shape index (κ2) is 3.71. The molecule has 0 aliphatic carbocycles. The van der Waals surface area contributed by atoms with Crippen LogP contribution in [0.15, 0.2) is 22.7 Å². The molecule has 0 saturated carbocycles. The van der Waals surface area contributed by atoms with E-state index in [4.69, 9.17) is 0 Å². The zero-order valence-corrected chi connectivity index (χ0v) is 9.39. The summed E-state index contributed by atoms with van der Waals surface area (Å²) < 4.78 is 0.978. The van der Waals surface area contributed by atoms with Crippen LogP contribution in [0.5, 0.6) is 0 Å². The van der Waals surface area contributed by atoms with Gasteiger partial charge in [-0.15, -0.1) is 0 Å². The molecule has 2 N–H and O–H groups in total. The molecular weight excluding hydrogens is 244 g/mol. The van der Waals surface area contributed by atoms with Crippen LogP contribution in [0, 0.1) is 0 Å². The standard InChI is InChI=1S/C10H11BrN2O/c1-6-10(14)13-9-4-8(11)3-2-7(9)5-12-6/h2-4,6,12H,5H2,1H3,(H,13,14). The summed E-state index contributed by atoms with van der Waals surface area (Å²) in [7, 11) is 0. The largest absolute Gasteiger partial charge is 0.324 e. The van der Waals surface area contributed by atoms with Crippen LogP contribution in [-0.4, -0.2) is 11.9 Å². The van der Waals surface area contributed by atoms with Gasteiger partial charge in [-0.05, 0) is 24.6 Å². The number of nitrogens with one attached hydrogen (secondary N) is 2. The summed E-state index contributed by atoms with van der Waals surface area (Å²) in [5, 5.41) is 6.02. The molecule has 1 atom stereocenters. The number of carbonyl (C=O) groups is 1. The fourth-order valence-corrected chi connectivity index (χ4v) is 1.78. The van der Waals surface area contributed by atoms with E-state index >= 15 is 0 Å². The Kier molecular flexibility index (Phi) is 2.56. The second-order valence-corrected chi connectivity index (χ2v) is 4.31. The number of amides is 1. The van der Waals surface area contributed by atoms with Crippen LogP contribution in [0.2, 0.25) is 0 Å².